The number of ether oxygens (including phenoxy) is 2. The monoisotopic (exact) mass is 265 g/mol. The Hall–Kier alpha value is -1.06. The maximum absolute atomic E-state index is 5.86. The molecule has 1 atom stereocenters. The molecule has 0 aliphatic carbocycles. The van der Waals surface area contributed by atoms with E-state index in [9.17, 15) is 0 Å². The predicted octanol–water partition coefficient (Wildman–Crippen LogP) is 3.22. The van der Waals surface area contributed by atoms with Crippen LogP contribution in [-0.4, -0.2) is 25.9 Å². The molecule has 1 unspecified atom stereocenters. The number of rotatable bonds is 7. The topological polar surface area (TPSA) is 30.5 Å². The quantitative estimate of drug-likeness (QED) is 0.821. The maximum atomic E-state index is 5.86. The zero-order valence-corrected chi connectivity index (χ0v) is 13.0. The molecule has 0 aliphatic heterocycles. The van der Waals surface area contributed by atoms with Crippen molar-refractivity contribution >= 4 is 0 Å². The highest BCUT2D eigenvalue weighted by Crippen LogP contribution is 2.25. The van der Waals surface area contributed by atoms with Crippen LogP contribution in [0.2, 0.25) is 0 Å². The van der Waals surface area contributed by atoms with Crippen LogP contribution in [0.3, 0.4) is 0 Å². The van der Waals surface area contributed by atoms with E-state index in [0.29, 0.717) is 12.6 Å². The lowest BCUT2D eigenvalue weighted by atomic mass is 10.1. The van der Waals surface area contributed by atoms with Crippen molar-refractivity contribution in [1.29, 1.82) is 0 Å². The van der Waals surface area contributed by atoms with Gasteiger partial charge in [-0.1, -0.05) is 26.0 Å². The normalized spacial score (nSPS) is 12.8. The Morgan fingerprint density at radius 3 is 2.16 bits per heavy atom. The summed E-state index contributed by atoms with van der Waals surface area (Å²) < 4.78 is 11.1. The van der Waals surface area contributed by atoms with Crippen LogP contribution in [0, 0.1) is 13.8 Å². The Kier molecular flexibility index (Phi) is 6.32. The smallest absolute Gasteiger partial charge is 0.125 e. The molecule has 19 heavy (non-hydrogen) atoms. The second kappa shape index (κ2) is 7.51. The van der Waals surface area contributed by atoms with E-state index in [4.69, 9.17) is 9.47 Å². The first-order chi connectivity index (χ1) is 8.93. The molecule has 0 saturated heterocycles. The Morgan fingerprint density at radius 2 is 1.68 bits per heavy atom. The molecular weight excluding hydrogens is 238 g/mol. The molecule has 0 bridgehead atoms. The minimum absolute atomic E-state index is 0.112. The summed E-state index contributed by atoms with van der Waals surface area (Å²) in [6.07, 6.45) is 0.112. The Morgan fingerprint density at radius 1 is 1.11 bits per heavy atom. The van der Waals surface area contributed by atoms with Crippen LogP contribution in [-0.2, 0) is 11.3 Å². The molecule has 0 fully saturated rings. The zero-order valence-electron chi connectivity index (χ0n) is 13.0. The van der Waals surface area contributed by atoms with Gasteiger partial charge in [-0.3, -0.25) is 0 Å². The fraction of sp³-hybridized carbons (Fsp3) is 0.625. The first-order valence-electron chi connectivity index (χ1n) is 6.93. The lowest BCUT2D eigenvalue weighted by Gasteiger charge is -2.17. The maximum Gasteiger partial charge on any atom is 0.125 e. The highest BCUT2D eigenvalue weighted by Gasteiger charge is 2.09. The third-order valence-corrected chi connectivity index (χ3v) is 3.10. The third-order valence-electron chi connectivity index (χ3n) is 3.10. The van der Waals surface area contributed by atoms with Gasteiger partial charge in [0.2, 0.25) is 0 Å². The van der Waals surface area contributed by atoms with Crippen molar-refractivity contribution in [1.82, 2.24) is 5.32 Å². The summed E-state index contributed by atoms with van der Waals surface area (Å²) in [5, 5.41) is 3.43. The zero-order chi connectivity index (χ0) is 14.4. The molecule has 0 spiro atoms. The molecular formula is C16H27NO2. The van der Waals surface area contributed by atoms with Gasteiger partial charge in [-0.25, -0.2) is 0 Å². The molecule has 1 aromatic carbocycles. The second-order valence-corrected chi connectivity index (χ2v) is 5.45. The van der Waals surface area contributed by atoms with Crippen molar-refractivity contribution in [2.75, 3.05) is 13.7 Å². The van der Waals surface area contributed by atoms with Crippen LogP contribution < -0.4 is 10.1 Å². The van der Waals surface area contributed by atoms with Crippen molar-refractivity contribution in [3.63, 3.8) is 0 Å². The van der Waals surface area contributed by atoms with Crippen LogP contribution >= 0.6 is 0 Å². The number of methoxy groups -OCH3 is 1. The van der Waals surface area contributed by atoms with Crippen LogP contribution in [0.5, 0.6) is 5.75 Å². The van der Waals surface area contributed by atoms with Crippen molar-refractivity contribution in [2.24, 2.45) is 0 Å². The summed E-state index contributed by atoms with van der Waals surface area (Å²) in [7, 11) is 1.70. The minimum atomic E-state index is 0.112. The van der Waals surface area contributed by atoms with E-state index in [1.54, 1.807) is 7.11 Å². The van der Waals surface area contributed by atoms with Crippen molar-refractivity contribution < 1.29 is 9.47 Å². The largest absolute Gasteiger partial charge is 0.490 e. The highest BCUT2D eigenvalue weighted by molar-refractivity contribution is 5.43. The first-order valence-corrected chi connectivity index (χ1v) is 6.93. The molecule has 0 radical (unpaired) electrons. The SMILES string of the molecule is COC(C)COc1c(C)cc(CNC(C)C)cc1C. The van der Waals surface area contributed by atoms with Crippen LogP contribution in [0.1, 0.15) is 37.5 Å². The summed E-state index contributed by atoms with van der Waals surface area (Å²) in [5.74, 6) is 0.984. The number of hydrogen-bond acceptors (Lipinski definition) is 3. The minimum Gasteiger partial charge on any atom is -0.490 e. The van der Waals surface area contributed by atoms with E-state index >= 15 is 0 Å². The number of aryl methyl sites for hydroxylation is 2. The standard InChI is InChI=1S/C16H27NO2/c1-11(2)17-9-15-7-12(3)16(13(4)8-15)19-10-14(5)18-6/h7-8,11,14,17H,9-10H2,1-6H3. The van der Waals surface area contributed by atoms with E-state index in [1.165, 1.54) is 16.7 Å². The molecule has 0 amide bonds. The molecule has 1 aromatic rings. The molecule has 1 N–H and O–H groups in total. The molecule has 108 valence electrons. The molecule has 0 aromatic heterocycles. The molecule has 1 rings (SSSR count). The second-order valence-electron chi connectivity index (χ2n) is 5.45. The van der Waals surface area contributed by atoms with E-state index in [-0.39, 0.29) is 6.10 Å². The van der Waals surface area contributed by atoms with E-state index < -0.39 is 0 Å². The van der Waals surface area contributed by atoms with Crippen LogP contribution in [0.25, 0.3) is 0 Å². The summed E-state index contributed by atoms with van der Waals surface area (Å²) in [6, 6.07) is 4.88. The fourth-order valence-electron chi connectivity index (χ4n) is 1.96. The molecule has 0 saturated carbocycles. The van der Waals surface area contributed by atoms with Gasteiger partial charge in [0.05, 0.1) is 6.10 Å². The predicted molar refractivity (Wildman–Crippen MR) is 79.9 cm³/mol. The lowest BCUT2D eigenvalue weighted by molar-refractivity contribution is 0.0711. The van der Waals surface area contributed by atoms with Gasteiger partial charge in [0.1, 0.15) is 12.4 Å². The summed E-state index contributed by atoms with van der Waals surface area (Å²) >= 11 is 0. The molecule has 0 aliphatic rings. The molecule has 0 heterocycles. The summed E-state index contributed by atoms with van der Waals surface area (Å²) in [4.78, 5) is 0. The van der Waals surface area contributed by atoms with Crippen molar-refractivity contribution in [3.8, 4) is 5.75 Å². The highest BCUT2D eigenvalue weighted by atomic mass is 16.5. The summed E-state index contributed by atoms with van der Waals surface area (Å²) in [5.41, 5.74) is 3.67. The first kappa shape index (κ1) is 16.0. The van der Waals surface area contributed by atoms with Crippen LogP contribution in [0.4, 0.5) is 0 Å². The average Bonchev–Trinajstić information content (AvgIpc) is 2.34. The number of nitrogens with one attached hydrogen (secondary N) is 1. The van der Waals surface area contributed by atoms with E-state index in [2.05, 4.69) is 45.1 Å². The average molecular weight is 265 g/mol. The van der Waals surface area contributed by atoms with Gasteiger partial charge in [0.15, 0.2) is 0 Å². The van der Waals surface area contributed by atoms with Gasteiger partial charge >= 0.3 is 0 Å². The van der Waals surface area contributed by atoms with Gasteiger partial charge in [-0.05, 0) is 37.5 Å². The van der Waals surface area contributed by atoms with Crippen LogP contribution in [0.15, 0.2) is 12.1 Å². The van der Waals surface area contributed by atoms with Gasteiger partial charge in [-0.15, -0.1) is 0 Å². The van der Waals surface area contributed by atoms with Gasteiger partial charge in [-0.2, -0.15) is 0 Å². The van der Waals surface area contributed by atoms with Crippen molar-refractivity contribution in [3.05, 3.63) is 28.8 Å². The van der Waals surface area contributed by atoms with Gasteiger partial charge < -0.3 is 14.8 Å². The lowest BCUT2D eigenvalue weighted by Crippen LogP contribution is -2.22. The van der Waals surface area contributed by atoms with E-state index in [1.807, 2.05) is 6.92 Å². The Balaban J connectivity index is 2.73. The summed E-state index contributed by atoms with van der Waals surface area (Å²) in [6.45, 7) is 12.0. The number of hydrogen-bond donors (Lipinski definition) is 1. The molecule has 3 heteroatoms. The third kappa shape index (κ3) is 5.21. The fourth-order valence-corrected chi connectivity index (χ4v) is 1.96. The van der Waals surface area contributed by atoms with Gasteiger partial charge in [0, 0.05) is 19.7 Å². The Bertz CT molecular complexity index is 379. The number of benzene rings is 1. The Labute approximate surface area is 117 Å². The molecule has 3 nitrogen and oxygen atoms in total. The van der Waals surface area contributed by atoms with Crippen molar-refractivity contribution in [2.45, 2.75) is 53.3 Å². The van der Waals surface area contributed by atoms with Gasteiger partial charge in [0.25, 0.3) is 0 Å². The van der Waals surface area contributed by atoms with E-state index in [0.717, 1.165) is 12.3 Å².